The smallest absolute Gasteiger partial charge is 0.191 e. The van der Waals surface area contributed by atoms with E-state index < -0.39 is 0 Å². The second kappa shape index (κ2) is 11.8. The quantitative estimate of drug-likeness (QED) is 0.349. The molecular weight excluding hydrogens is 458 g/mol. The van der Waals surface area contributed by atoms with E-state index in [-0.39, 0.29) is 35.2 Å². The largest absolute Gasteiger partial charge is 0.379 e. The van der Waals surface area contributed by atoms with Crippen molar-refractivity contribution in [2.24, 2.45) is 4.99 Å². The third kappa shape index (κ3) is 7.54. The summed E-state index contributed by atoms with van der Waals surface area (Å²) in [6.07, 6.45) is 0. The standard InChI is InChI=1S/C20H33FN4O.HI/c1-5-22-19(23-14-16(2)25-10-12-26-13-11-25)24-15-20(3,4)17-8-6-7-9-18(17)21;/h6-9,16H,5,10-15H2,1-4H3,(H2,22,23,24);1H. The van der Waals surface area contributed by atoms with Crippen LogP contribution >= 0.6 is 24.0 Å². The van der Waals surface area contributed by atoms with Crippen molar-refractivity contribution in [2.45, 2.75) is 39.2 Å². The summed E-state index contributed by atoms with van der Waals surface area (Å²) in [6, 6.07) is 7.34. The number of hydrogen-bond donors (Lipinski definition) is 2. The molecule has 2 rings (SSSR count). The van der Waals surface area contributed by atoms with Crippen LogP contribution in [0.25, 0.3) is 0 Å². The molecule has 1 aliphatic rings. The van der Waals surface area contributed by atoms with E-state index in [2.05, 4.69) is 22.5 Å². The SMILES string of the molecule is CCNC(=NCC(C)(C)c1ccccc1F)NCC(C)N1CCOCC1.I. The molecule has 1 saturated heterocycles. The summed E-state index contributed by atoms with van der Waals surface area (Å²) in [5, 5.41) is 6.70. The van der Waals surface area contributed by atoms with Crippen molar-refractivity contribution in [1.82, 2.24) is 15.5 Å². The molecule has 0 radical (unpaired) electrons. The second-order valence-electron chi connectivity index (χ2n) is 7.44. The van der Waals surface area contributed by atoms with E-state index in [1.165, 1.54) is 6.07 Å². The Morgan fingerprint density at radius 3 is 2.56 bits per heavy atom. The highest BCUT2D eigenvalue weighted by Gasteiger charge is 2.24. The Morgan fingerprint density at radius 2 is 1.93 bits per heavy atom. The van der Waals surface area contributed by atoms with Crippen molar-refractivity contribution in [3.05, 3.63) is 35.6 Å². The van der Waals surface area contributed by atoms with Gasteiger partial charge in [-0.15, -0.1) is 24.0 Å². The van der Waals surface area contributed by atoms with Gasteiger partial charge in [-0.25, -0.2) is 4.39 Å². The van der Waals surface area contributed by atoms with E-state index in [1.54, 1.807) is 6.07 Å². The second-order valence-corrected chi connectivity index (χ2v) is 7.44. The molecule has 27 heavy (non-hydrogen) atoms. The molecule has 0 aliphatic carbocycles. The number of rotatable bonds is 7. The van der Waals surface area contributed by atoms with Crippen LogP contribution in [0.5, 0.6) is 0 Å². The molecule has 1 aliphatic heterocycles. The minimum Gasteiger partial charge on any atom is -0.379 e. The first-order valence-corrected chi connectivity index (χ1v) is 9.53. The Morgan fingerprint density at radius 1 is 1.26 bits per heavy atom. The Kier molecular flexibility index (Phi) is 10.5. The molecular formula is C20H34FIN4O. The fourth-order valence-corrected chi connectivity index (χ4v) is 3.11. The molecule has 1 atom stereocenters. The number of aliphatic imine (C=N–C) groups is 1. The molecule has 1 unspecified atom stereocenters. The molecule has 0 saturated carbocycles. The predicted octanol–water partition coefficient (Wildman–Crippen LogP) is 3.00. The maximum Gasteiger partial charge on any atom is 0.191 e. The lowest BCUT2D eigenvalue weighted by molar-refractivity contribution is 0.0211. The van der Waals surface area contributed by atoms with Gasteiger partial charge in [-0.05, 0) is 25.5 Å². The third-order valence-electron chi connectivity index (χ3n) is 4.81. The van der Waals surface area contributed by atoms with Gasteiger partial charge < -0.3 is 15.4 Å². The van der Waals surface area contributed by atoms with Crippen molar-refractivity contribution in [3.8, 4) is 0 Å². The van der Waals surface area contributed by atoms with Crippen LogP contribution in [0.2, 0.25) is 0 Å². The van der Waals surface area contributed by atoms with Crippen LogP contribution in [-0.4, -0.2) is 62.8 Å². The van der Waals surface area contributed by atoms with E-state index in [0.717, 1.165) is 45.4 Å². The number of ether oxygens (including phenoxy) is 1. The first kappa shape index (κ1) is 24.1. The average molecular weight is 492 g/mol. The van der Waals surface area contributed by atoms with Crippen LogP contribution in [0, 0.1) is 5.82 Å². The van der Waals surface area contributed by atoms with Crippen LogP contribution in [0.3, 0.4) is 0 Å². The van der Waals surface area contributed by atoms with Crippen molar-refractivity contribution in [3.63, 3.8) is 0 Å². The normalized spacial score (nSPS) is 17.1. The molecule has 0 aromatic heterocycles. The molecule has 0 bridgehead atoms. The molecule has 1 fully saturated rings. The highest BCUT2D eigenvalue weighted by Crippen LogP contribution is 2.25. The molecule has 1 aromatic rings. The van der Waals surface area contributed by atoms with Crippen LogP contribution in [-0.2, 0) is 10.2 Å². The van der Waals surface area contributed by atoms with Crippen molar-refractivity contribution in [2.75, 3.05) is 45.9 Å². The zero-order valence-corrected chi connectivity index (χ0v) is 19.3. The molecule has 154 valence electrons. The Bertz CT molecular complexity index is 591. The van der Waals surface area contributed by atoms with Gasteiger partial charge in [0.05, 0.1) is 19.8 Å². The zero-order chi connectivity index (χ0) is 19.0. The summed E-state index contributed by atoms with van der Waals surface area (Å²) in [5.41, 5.74) is 0.324. The fraction of sp³-hybridized carbons (Fsp3) is 0.650. The van der Waals surface area contributed by atoms with Crippen molar-refractivity contribution >= 4 is 29.9 Å². The maximum atomic E-state index is 14.1. The van der Waals surface area contributed by atoms with Crippen LogP contribution in [0.1, 0.15) is 33.3 Å². The van der Waals surface area contributed by atoms with Crippen LogP contribution in [0.15, 0.2) is 29.3 Å². The predicted molar refractivity (Wildman–Crippen MR) is 121 cm³/mol. The van der Waals surface area contributed by atoms with Gasteiger partial charge in [0, 0.05) is 37.6 Å². The monoisotopic (exact) mass is 492 g/mol. The van der Waals surface area contributed by atoms with E-state index in [1.807, 2.05) is 32.9 Å². The summed E-state index contributed by atoms with van der Waals surface area (Å²) in [7, 11) is 0. The number of guanidine groups is 1. The molecule has 1 heterocycles. The highest BCUT2D eigenvalue weighted by atomic mass is 127. The molecule has 7 heteroatoms. The van der Waals surface area contributed by atoms with Gasteiger partial charge in [0.2, 0.25) is 0 Å². The molecule has 0 spiro atoms. The van der Waals surface area contributed by atoms with Gasteiger partial charge in [-0.2, -0.15) is 0 Å². The van der Waals surface area contributed by atoms with E-state index in [9.17, 15) is 4.39 Å². The fourth-order valence-electron chi connectivity index (χ4n) is 3.11. The van der Waals surface area contributed by atoms with Crippen molar-refractivity contribution in [1.29, 1.82) is 0 Å². The van der Waals surface area contributed by atoms with Gasteiger partial charge >= 0.3 is 0 Å². The lowest BCUT2D eigenvalue weighted by atomic mass is 9.84. The van der Waals surface area contributed by atoms with E-state index >= 15 is 0 Å². The van der Waals surface area contributed by atoms with Gasteiger partial charge in [0.25, 0.3) is 0 Å². The maximum absolute atomic E-state index is 14.1. The molecule has 0 amide bonds. The molecule has 5 nitrogen and oxygen atoms in total. The minimum absolute atomic E-state index is 0. The van der Waals surface area contributed by atoms with Crippen molar-refractivity contribution < 1.29 is 9.13 Å². The summed E-state index contributed by atoms with van der Waals surface area (Å²) in [5.74, 6) is 0.601. The number of nitrogens with zero attached hydrogens (tertiary/aromatic N) is 2. The Hall–Kier alpha value is -0.930. The summed E-state index contributed by atoms with van der Waals surface area (Å²) in [4.78, 5) is 7.12. The topological polar surface area (TPSA) is 48.9 Å². The first-order valence-electron chi connectivity index (χ1n) is 9.53. The average Bonchev–Trinajstić information content (AvgIpc) is 2.64. The molecule has 1 aromatic carbocycles. The third-order valence-corrected chi connectivity index (χ3v) is 4.81. The van der Waals surface area contributed by atoms with E-state index in [0.29, 0.717) is 18.2 Å². The lowest BCUT2D eigenvalue weighted by Gasteiger charge is -2.32. The van der Waals surface area contributed by atoms with Crippen LogP contribution < -0.4 is 10.6 Å². The zero-order valence-electron chi connectivity index (χ0n) is 16.9. The summed E-state index contributed by atoms with van der Waals surface area (Å²) < 4.78 is 19.5. The van der Waals surface area contributed by atoms with Gasteiger partial charge in [0.1, 0.15) is 5.82 Å². The van der Waals surface area contributed by atoms with Gasteiger partial charge in [-0.1, -0.05) is 32.0 Å². The summed E-state index contributed by atoms with van der Waals surface area (Å²) in [6.45, 7) is 14.0. The number of halogens is 2. The lowest BCUT2D eigenvalue weighted by Crippen LogP contribution is -2.49. The number of nitrogens with one attached hydrogen (secondary N) is 2. The number of benzene rings is 1. The van der Waals surface area contributed by atoms with E-state index in [4.69, 9.17) is 9.73 Å². The molecule has 2 N–H and O–H groups in total. The number of morpholine rings is 1. The minimum atomic E-state index is -0.372. The van der Waals surface area contributed by atoms with Gasteiger partial charge in [0.15, 0.2) is 5.96 Å². The highest BCUT2D eigenvalue weighted by molar-refractivity contribution is 14.0. The summed E-state index contributed by atoms with van der Waals surface area (Å²) >= 11 is 0. The first-order chi connectivity index (χ1) is 12.4. The Balaban J connectivity index is 0.00000364. The number of hydrogen-bond acceptors (Lipinski definition) is 3. The van der Waals surface area contributed by atoms with Gasteiger partial charge in [-0.3, -0.25) is 9.89 Å². The Labute approximate surface area is 180 Å². The van der Waals surface area contributed by atoms with Crippen LogP contribution in [0.4, 0.5) is 4.39 Å².